The highest BCUT2D eigenvalue weighted by molar-refractivity contribution is 8.26. The van der Waals surface area contributed by atoms with Crippen LogP contribution in [0.1, 0.15) is 17.7 Å². The molecule has 1 aromatic carbocycles. The highest BCUT2D eigenvalue weighted by atomic mass is 32.2. The molecule has 4 rings (SSSR count). The minimum Gasteiger partial charge on any atom is -0.457 e. The van der Waals surface area contributed by atoms with Crippen molar-refractivity contribution in [3.8, 4) is 11.3 Å². The summed E-state index contributed by atoms with van der Waals surface area (Å²) in [6.45, 7) is 4.71. The van der Waals surface area contributed by atoms with E-state index in [-0.39, 0.29) is 5.91 Å². The zero-order valence-corrected chi connectivity index (χ0v) is 18.7. The van der Waals surface area contributed by atoms with Crippen molar-refractivity contribution >= 4 is 40.3 Å². The fourth-order valence-corrected chi connectivity index (χ4v) is 4.80. The molecular weight excluding hydrogens is 461 g/mol. The number of halogens is 3. The molecule has 5 nitrogen and oxygen atoms in total. The number of alkyl halides is 3. The Morgan fingerprint density at radius 1 is 1.06 bits per heavy atom. The minimum absolute atomic E-state index is 0.158. The van der Waals surface area contributed by atoms with Gasteiger partial charge in [0.2, 0.25) is 0 Å². The van der Waals surface area contributed by atoms with Crippen LogP contribution in [-0.2, 0) is 15.7 Å². The van der Waals surface area contributed by atoms with Crippen molar-refractivity contribution in [1.29, 1.82) is 0 Å². The Morgan fingerprint density at radius 2 is 1.78 bits per heavy atom. The fourth-order valence-electron chi connectivity index (χ4n) is 3.51. The third-order valence-corrected chi connectivity index (χ3v) is 6.61. The molecule has 2 saturated heterocycles. The van der Waals surface area contributed by atoms with Crippen LogP contribution in [0, 0.1) is 0 Å². The van der Waals surface area contributed by atoms with Gasteiger partial charge in [-0.05, 0) is 30.7 Å². The zero-order chi connectivity index (χ0) is 22.7. The van der Waals surface area contributed by atoms with Gasteiger partial charge in [-0.3, -0.25) is 14.6 Å². The number of nitrogens with zero attached hydrogens (tertiary/aromatic N) is 2. The Hall–Kier alpha value is -2.14. The van der Waals surface area contributed by atoms with E-state index in [0.717, 1.165) is 51.4 Å². The van der Waals surface area contributed by atoms with Crippen molar-refractivity contribution < 1.29 is 27.1 Å². The lowest BCUT2D eigenvalue weighted by Crippen LogP contribution is -2.38. The molecule has 0 radical (unpaired) electrons. The molecule has 0 unspecified atom stereocenters. The van der Waals surface area contributed by atoms with E-state index in [0.29, 0.717) is 32.9 Å². The second kappa shape index (κ2) is 9.78. The zero-order valence-electron chi connectivity index (χ0n) is 17.1. The van der Waals surface area contributed by atoms with Crippen LogP contribution in [0.25, 0.3) is 17.4 Å². The fraction of sp³-hybridized carbons (Fsp3) is 0.364. The summed E-state index contributed by atoms with van der Waals surface area (Å²) in [6.07, 6.45) is -1.95. The van der Waals surface area contributed by atoms with Gasteiger partial charge in [0.25, 0.3) is 5.91 Å². The molecule has 0 spiro atoms. The van der Waals surface area contributed by atoms with Crippen LogP contribution in [0.5, 0.6) is 0 Å². The SMILES string of the molecule is O=C1/C(=C/c2ccc(-c3ccc(C(F)(F)F)cc3)o2)SC(=S)N1CCCN1CCOCC1. The van der Waals surface area contributed by atoms with E-state index in [9.17, 15) is 18.0 Å². The second-order valence-electron chi connectivity index (χ2n) is 7.42. The summed E-state index contributed by atoms with van der Waals surface area (Å²) in [5.41, 5.74) is -0.196. The van der Waals surface area contributed by atoms with Crippen molar-refractivity contribution in [1.82, 2.24) is 9.80 Å². The number of furan rings is 1. The third kappa shape index (κ3) is 5.43. The van der Waals surface area contributed by atoms with Gasteiger partial charge in [0.15, 0.2) is 0 Å². The van der Waals surface area contributed by atoms with Crippen LogP contribution in [-0.4, -0.2) is 59.4 Å². The molecule has 0 atom stereocenters. The Morgan fingerprint density at radius 3 is 2.47 bits per heavy atom. The van der Waals surface area contributed by atoms with Crippen LogP contribution >= 0.6 is 24.0 Å². The van der Waals surface area contributed by atoms with Crippen molar-refractivity contribution in [2.24, 2.45) is 0 Å². The Bertz CT molecular complexity index is 1010. The Balaban J connectivity index is 1.38. The number of carbonyl (C=O) groups excluding carboxylic acids is 1. The highest BCUT2D eigenvalue weighted by Crippen LogP contribution is 2.34. The number of ether oxygens (including phenoxy) is 1. The molecule has 32 heavy (non-hydrogen) atoms. The van der Waals surface area contributed by atoms with Gasteiger partial charge in [-0.1, -0.05) is 36.1 Å². The molecule has 1 aromatic heterocycles. The van der Waals surface area contributed by atoms with Gasteiger partial charge in [0.1, 0.15) is 15.8 Å². The van der Waals surface area contributed by atoms with Crippen molar-refractivity contribution in [3.05, 3.63) is 52.6 Å². The van der Waals surface area contributed by atoms with E-state index >= 15 is 0 Å². The summed E-state index contributed by atoms with van der Waals surface area (Å²) < 4.78 is 49.8. The molecule has 0 saturated carbocycles. The monoisotopic (exact) mass is 482 g/mol. The Kier molecular flexibility index (Phi) is 7.04. The van der Waals surface area contributed by atoms with Gasteiger partial charge >= 0.3 is 6.18 Å². The normalized spacial score (nSPS) is 19.3. The van der Waals surface area contributed by atoms with E-state index in [4.69, 9.17) is 21.4 Å². The first-order valence-corrected chi connectivity index (χ1v) is 11.4. The van der Waals surface area contributed by atoms with Gasteiger partial charge in [-0.15, -0.1) is 0 Å². The first-order chi connectivity index (χ1) is 15.3. The van der Waals surface area contributed by atoms with E-state index in [2.05, 4.69) is 4.90 Å². The van der Waals surface area contributed by atoms with Crippen LogP contribution in [0.15, 0.2) is 45.7 Å². The average molecular weight is 483 g/mol. The quantitative estimate of drug-likeness (QED) is 0.432. The number of hydrogen-bond donors (Lipinski definition) is 0. The van der Waals surface area contributed by atoms with Gasteiger partial charge in [-0.25, -0.2) is 0 Å². The van der Waals surface area contributed by atoms with E-state index in [1.165, 1.54) is 23.9 Å². The summed E-state index contributed by atoms with van der Waals surface area (Å²) >= 11 is 6.60. The molecule has 2 aromatic rings. The smallest absolute Gasteiger partial charge is 0.416 e. The first-order valence-electron chi connectivity index (χ1n) is 10.1. The van der Waals surface area contributed by atoms with Crippen LogP contribution in [0.2, 0.25) is 0 Å². The minimum atomic E-state index is -4.39. The standard InChI is InChI=1S/C22H21F3N2O3S2/c23-22(24,25)16-4-2-15(3-5-16)18-7-6-17(30-18)14-19-20(28)27(21(31)32-19)9-1-8-26-10-12-29-13-11-26/h2-7,14H,1,8-13H2/b19-14-. The lowest BCUT2D eigenvalue weighted by atomic mass is 10.1. The molecule has 10 heteroatoms. The third-order valence-electron chi connectivity index (χ3n) is 5.23. The van der Waals surface area contributed by atoms with Crippen molar-refractivity contribution in [3.63, 3.8) is 0 Å². The van der Waals surface area contributed by atoms with Crippen molar-refractivity contribution in [2.45, 2.75) is 12.6 Å². The maximum Gasteiger partial charge on any atom is 0.416 e. The van der Waals surface area contributed by atoms with Gasteiger partial charge in [0.05, 0.1) is 23.7 Å². The number of morpholine rings is 1. The van der Waals surface area contributed by atoms with E-state index in [1.807, 2.05) is 0 Å². The van der Waals surface area contributed by atoms with Crippen LogP contribution in [0.3, 0.4) is 0 Å². The number of amides is 1. The lowest BCUT2D eigenvalue weighted by molar-refractivity contribution is -0.137. The maximum absolute atomic E-state index is 12.8. The summed E-state index contributed by atoms with van der Waals surface area (Å²) in [4.78, 5) is 17.2. The topological polar surface area (TPSA) is 45.9 Å². The molecular formula is C22H21F3N2O3S2. The summed E-state index contributed by atoms with van der Waals surface area (Å²) in [7, 11) is 0. The maximum atomic E-state index is 12.8. The molecule has 2 fully saturated rings. The number of thiocarbonyl (C=S) groups is 1. The predicted molar refractivity (Wildman–Crippen MR) is 121 cm³/mol. The second-order valence-corrected chi connectivity index (χ2v) is 9.09. The summed E-state index contributed by atoms with van der Waals surface area (Å²) in [6, 6.07) is 8.09. The largest absolute Gasteiger partial charge is 0.457 e. The highest BCUT2D eigenvalue weighted by Gasteiger charge is 2.32. The number of hydrogen-bond acceptors (Lipinski definition) is 6. The first kappa shape index (κ1) is 23.0. The average Bonchev–Trinajstić information content (AvgIpc) is 3.34. The van der Waals surface area contributed by atoms with Gasteiger partial charge in [-0.2, -0.15) is 13.2 Å². The lowest BCUT2D eigenvalue weighted by Gasteiger charge is -2.27. The molecule has 3 heterocycles. The molecule has 2 aliphatic rings. The summed E-state index contributed by atoms with van der Waals surface area (Å²) in [5, 5.41) is 0. The molecule has 1 amide bonds. The van der Waals surface area contributed by atoms with Crippen molar-refractivity contribution in [2.75, 3.05) is 39.4 Å². The number of thioether (sulfide) groups is 1. The summed E-state index contributed by atoms with van der Waals surface area (Å²) in [5.74, 6) is 0.703. The number of rotatable bonds is 6. The van der Waals surface area contributed by atoms with Gasteiger partial charge < -0.3 is 9.15 Å². The number of benzene rings is 1. The molecule has 170 valence electrons. The Labute approximate surface area is 193 Å². The van der Waals surface area contributed by atoms with Crippen LogP contribution < -0.4 is 0 Å². The molecule has 0 N–H and O–H groups in total. The molecule has 2 aliphatic heterocycles. The van der Waals surface area contributed by atoms with E-state index in [1.54, 1.807) is 23.1 Å². The number of carbonyl (C=O) groups is 1. The molecule has 0 aliphatic carbocycles. The van der Waals surface area contributed by atoms with Crippen LogP contribution in [0.4, 0.5) is 13.2 Å². The van der Waals surface area contributed by atoms with E-state index < -0.39 is 11.7 Å². The molecule has 0 bridgehead atoms. The van der Waals surface area contributed by atoms with Gasteiger partial charge in [0, 0.05) is 37.8 Å². The predicted octanol–water partition coefficient (Wildman–Crippen LogP) is 4.89.